The van der Waals surface area contributed by atoms with Gasteiger partial charge in [0.05, 0.1) is 0 Å². The van der Waals surface area contributed by atoms with Crippen LogP contribution in [-0.4, -0.2) is 18.3 Å². The zero-order chi connectivity index (χ0) is 7.82. The lowest BCUT2D eigenvalue weighted by Gasteiger charge is -1.99. The number of primary amides is 1. The van der Waals surface area contributed by atoms with Gasteiger partial charge in [-0.25, -0.2) is 4.79 Å². The van der Waals surface area contributed by atoms with E-state index in [-0.39, 0.29) is 0 Å². The molecule has 0 heterocycles. The molecule has 3 N–H and O–H groups in total. The molecule has 0 aromatic rings. The number of hydrogen-bond acceptors (Lipinski definition) is 2. The Balaban J connectivity index is 2.84. The van der Waals surface area contributed by atoms with Gasteiger partial charge in [0.2, 0.25) is 0 Å². The highest BCUT2D eigenvalue weighted by Crippen LogP contribution is 1.94. The van der Waals surface area contributed by atoms with Crippen molar-refractivity contribution in [2.45, 2.75) is 19.3 Å². The summed E-state index contributed by atoms with van der Waals surface area (Å²) in [4.78, 5) is 10.1. The van der Waals surface area contributed by atoms with Crippen LogP contribution in [0.15, 0.2) is 0 Å². The van der Waals surface area contributed by atoms with Crippen molar-refractivity contribution in [2.75, 3.05) is 12.3 Å². The molecule has 0 saturated carbocycles. The van der Waals surface area contributed by atoms with Crippen molar-refractivity contribution in [3.63, 3.8) is 0 Å². The molecule has 0 fully saturated rings. The summed E-state index contributed by atoms with van der Waals surface area (Å²) >= 11 is 4.05. The van der Waals surface area contributed by atoms with E-state index in [0.29, 0.717) is 6.54 Å². The molecule has 0 aromatic heterocycles. The summed E-state index contributed by atoms with van der Waals surface area (Å²) in [5.41, 5.74) is 4.84. The number of rotatable bonds is 5. The number of carbonyl (C=O) groups excluding carboxylic acids is 1. The van der Waals surface area contributed by atoms with Crippen LogP contribution in [0, 0.1) is 0 Å². The minimum Gasteiger partial charge on any atom is -0.352 e. The number of unbranched alkanes of at least 4 members (excludes halogenated alkanes) is 2. The molecule has 0 radical (unpaired) electrons. The Morgan fingerprint density at radius 2 is 2.10 bits per heavy atom. The molecule has 0 atom stereocenters. The maximum absolute atomic E-state index is 10.1. The normalized spacial score (nSPS) is 9.30. The number of nitrogens with one attached hydrogen (secondary N) is 1. The van der Waals surface area contributed by atoms with Crippen LogP contribution >= 0.6 is 12.6 Å². The van der Waals surface area contributed by atoms with E-state index in [9.17, 15) is 4.79 Å². The van der Waals surface area contributed by atoms with Crippen LogP contribution in [0.4, 0.5) is 4.79 Å². The summed E-state index contributed by atoms with van der Waals surface area (Å²) < 4.78 is 0. The van der Waals surface area contributed by atoms with E-state index < -0.39 is 6.03 Å². The van der Waals surface area contributed by atoms with Crippen LogP contribution < -0.4 is 11.1 Å². The Hall–Kier alpha value is -0.380. The van der Waals surface area contributed by atoms with Gasteiger partial charge in [-0.15, -0.1) is 0 Å². The topological polar surface area (TPSA) is 55.1 Å². The summed E-state index contributed by atoms with van der Waals surface area (Å²) in [5, 5.41) is 2.52. The van der Waals surface area contributed by atoms with E-state index in [0.717, 1.165) is 25.0 Å². The number of urea groups is 1. The van der Waals surface area contributed by atoms with E-state index in [1.165, 1.54) is 0 Å². The Morgan fingerprint density at radius 3 is 2.60 bits per heavy atom. The third-order valence-corrected chi connectivity index (χ3v) is 1.45. The summed E-state index contributed by atoms with van der Waals surface area (Å²) in [6, 6.07) is -0.439. The molecule has 0 aliphatic heterocycles. The summed E-state index contributed by atoms with van der Waals surface area (Å²) in [6.45, 7) is 0.684. The summed E-state index contributed by atoms with van der Waals surface area (Å²) in [7, 11) is 0. The van der Waals surface area contributed by atoms with Crippen LogP contribution in [0.25, 0.3) is 0 Å². The number of hydrogen-bond donors (Lipinski definition) is 3. The average Bonchev–Trinajstić information content (AvgIpc) is 1.87. The van der Waals surface area contributed by atoms with Crippen molar-refractivity contribution in [3.8, 4) is 0 Å². The highest BCUT2D eigenvalue weighted by atomic mass is 32.1. The molecule has 3 nitrogen and oxygen atoms in total. The van der Waals surface area contributed by atoms with E-state index in [2.05, 4.69) is 17.9 Å². The van der Waals surface area contributed by atoms with E-state index in [4.69, 9.17) is 5.73 Å². The van der Waals surface area contributed by atoms with Crippen LogP contribution in [-0.2, 0) is 0 Å². The van der Waals surface area contributed by atoms with Crippen LogP contribution in [0.3, 0.4) is 0 Å². The Morgan fingerprint density at radius 1 is 1.40 bits per heavy atom. The smallest absolute Gasteiger partial charge is 0.312 e. The second-order valence-corrected chi connectivity index (χ2v) is 2.52. The molecule has 0 saturated heterocycles. The molecule has 0 bridgehead atoms. The van der Waals surface area contributed by atoms with Gasteiger partial charge in [-0.05, 0) is 18.6 Å². The molecule has 0 aromatic carbocycles. The average molecular weight is 162 g/mol. The Kier molecular flexibility index (Phi) is 6.48. The zero-order valence-electron chi connectivity index (χ0n) is 5.97. The lowest BCUT2D eigenvalue weighted by molar-refractivity contribution is 0.248. The Bertz CT molecular complexity index is 97.7. The molecule has 0 aliphatic rings. The largest absolute Gasteiger partial charge is 0.352 e. The molecule has 0 spiro atoms. The van der Waals surface area contributed by atoms with Crippen molar-refractivity contribution < 1.29 is 4.79 Å². The van der Waals surface area contributed by atoms with Crippen LogP contribution in [0.1, 0.15) is 19.3 Å². The number of nitrogens with two attached hydrogens (primary N) is 1. The van der Waals surface area contributed by atoms with Gasteiger partial charge in [-0.1, -0.05) is 6.42 Å². The Labute approximate surface area is 66.8 Å². The van der Waals surface area contributed by atoms with Gasteiger partial charge in [-0.3, -0.25) is 0 Å². The number of thiol groups is 1. The third-order valence-electron chi connectivity index (χ3n) is 1.13. The fraction of sp³-hybridized carbons (Fsp3) is 0.833. The van der Waals surface area contributed by atoms with Crippen molar-refractivity contribution in [1.29, 1.82) is 0 Å². The predicted octanol–water partition coefficient (Wildman–Crippen LogP) is 0.755. The minimum absolute atomic E-state index is 0.439. The molecule has 0 unspecified atom stereocenters. The molecule has 2 amide bonds. The lowest BCUT2D eigenvalue weighted by Crippen LogP contribution is -2.29. The summed E-state index contributed by atoms with van der Waals surface area (Å²) in [5.74, 6) is 0.913. The zero-order valence-corrected chi connectivity index (χ0v) is 6.86. The highest BCUT2D eigenvalue weighted by Gasteiger charge is 1.89. The monoisotopic (exact) mass is 162 g/mol. The van der Waals surface area contributed by atoms with Gasteiger partial charge in [0.25, 0.3) is 0 Å². The quantitative estimate of drug-likeness (QED) is 0.405. The van der Waals surface area contributed by atoms with Crippen molar-refractivity contribution in [3.05, 3.63) is 0 Å². The first-order valence-electron chi connectivity index (χ1n) is 3.41. The molecular weight excluding hydrogens is 148 g/mol. The molecule has 60 valence electrons. The number of amides is 2. The highest BCUT2D eigenvalue weighted by molar-refractivity contribution is 7.80. The molecular formula is C6H14N2OS. The van der Waals surface area contributed by atoms with Gasteiger partial charge < -0.3 is 11.1 Å². The first kappa shape index (κ1) is 9.62. The standard InChI is InChI=1S/C6H14N2OS/c7-6(9)8-4-2-1-3-5-10/h10H,1-5H2,(H3,7,8,9). The fourth-order valence-electron chi connectivity index (χ4n) is 0.625. The molecule has 0 rings (SSSR count). The minimum atomic E-state index is -0.439. The first-order valence-corrected chi connectivity index (χ1v) is 4.05. The molecule has 4 heteroatoms. The van der Waals surface area contributed by atoms with Gasteiger partial charge in [0.1, 0.15) is 0 Å². The molecule has 10 heavy (non-hydrogen) atoms. The third kappa shape index (κ3) is 7.62. The second-order valence-electron chi connectivity index (χ2n) is 2.08. The van der Waals surface area contributed by atoms with Crippen molar-refractivity contribution in [1.82, 2.24) is 5.32 Å². The first-order chi connectivity index (χ1) is 4.77. The van der Waals surface area contributed by atoms with Gasteiger partial charge in [-0.2, -0.15) is 12.6 Å². The van der Waals surface area contributed by atoms with Crippen LogP contribution in [0.5, 0.6) is 0 Å². The maximum atomic E-state index is 10.1. The second kappa shape index (κ2) is 6.74. The van der Waals surface area contributed by atoms with Crippen LogP contribution in [0.2, 0.25) is 0 Å². The summed E-state index contributed by atoms with van der Waals surface area (Å²) in [6.07, 6.45) is 3.19. The van der Waals surface area contributed by atoms with Gasteiger partial charge >= 0.3 is 6.03 Å². The van der Waals surface area contributed by atoms with Gasteiger partial charge in [0.15, 0.2) is 0 Å². The van der Waals surface area contributed by atoms with Gasteiger partial charge in [0, 0.05) is 6.54 Å². The van der Waals surface area contributed by atoms with Crippen molar-refractivity contribution >= 4 is 18.7 Å². The van der Waals surface area contributed by atoms with E-state index in [1.807, 2.05) is 0 Å². The van der Waals surface area contributed by atoms with Crippen molar-refractivity contribution in [2.24, 2.45) is 5.73 Å². The van der Waals surface area contributed by atoms with E-state index >= 15 is 0 Å². The van der Waals surface area contributed by atoms with E-state index in [1.54, 1.807) is 0 Å². The lowest BCUT2D eigenvalue weighted by atomic mass is 10.2. The SMILES string of the molecule is NC(=O)NCCCCCS. The number of carbonyl (C=O) groups is 1. The predicted molar refractivity (Wildman–Crippen MR) is 45.3 cm³/mol. The fourth-order valence-corrected chi connectivity index (χ4v) is 0.849. The molecule has 0 aliphatic carbocycles. The maximum Gasteiger partial charge on any atom is 0.312 e.